The van der Waals surface area contributed by atoms with Gasteiger partial charge in [-0.3, -0.25) is 4.79 Å². The van der Waals surface area contributed by atoms with Crippen LogP contribution in [0.1, 0.15) is 17.7 Å². The fourth-order valence-corrected chi connectivity index (χ4v) is 3.49. The molecule has 0 bridgehead atoms. The van der Waals surface area contributed by atoms with Crippen molar-refractivity contribution in [3.8, 4) is 0 Å². The number of thioether (sulfide) groups is 1. The van der Waals surface area contributed by atoms with E-state index in [0.29, 0.717) is 12.1 Å². The number of thiazole rings is 1. The van der Waals surface area contributed by atoms with E-state index < -0.39 is 0 Å². The number of nitrogen functional groups attached to an aromatic ring is 1. The molecule has 1 amide bonds. The lowest BCUT2D eigenvalue weighted by Crippen LogP contribution is -2.13. The van der Waals surface area contributed by atoms with Crippen LogP contribution in [0.4, 0.5) is 11.4 Å². The number of carbonyl (C=O) groups is 1. The van der Waals surface area contributed by atoms with Gasteiger partial charge in [0.2, 0.25) is 5.91 Å². The van der Waals surface area contributed by atoms with Gasteiger partial charge >= 0.3 is 0 Å². The van der Waals surface area contributed by atoms with E-state index in [0.717, 1.165) is 27.0 Å². The molecule has 2 aromatic rings. The van der Waals surface area contributed by atoms with E-state index in [-0.39, 0.29) is 5.91 Å². The lowest BCUT2D eigenvalue weighted by molar-refractivity contribution is -0.115. The summed E-state index contributed by atoms with van der Waals surface area (Å²) in [6, 6.07) is 5.53. The SMILES string of the molecule is Cc1csc(SCCC(=O)Nc2cccc(N)c2C)n1. The van der Waals surface area contributed by atoms with Gasteiger partial charge in [-0.2, -0.15) is 0 Å². The fraction of sp³-hybridized carbons (Fsp3) is 0.286. The van der Waals surface area contributed by atoms with Crippen LogP contribution >= 0.6 is 23.1 Å². The third kappa shape index (κ3) is 3.98. The van der Waals surface area contributed by atoms with Crippen molar-refractivity contribution in [2.45, 2.75) is 24.6 Å². The van der Waals surface area contributed by atoms with Crippen molar-refractivity contribution in [1.29, 1.82) is 0 Å². The van der Waals surface area contributed by atoms with Crippen LogP contribution < -0.4 is 11.1 Å². The number of anilines is 2. The molecule has 6 heteroatoms. The van der Waals surface area contributed by atoms with Gasteiger partial charge < -0.3 is 11.1 Å². The van der Waals surface area contributed by atoms with Gasteiger partial charge in [-0.15, -0.1) is 11.3 Å². The zero-order valence-corrected chi connectivity index (χ0v) is 13.1. The molecule has 1 aromatic carbocycles. The minimum Gasteiger partial charge on any atom is -0.398 e. The number of amides is 1. The molecule has 0 unspecified atom stereocenters. The molecule has 3 N–H and O–H groups in total. The first kappa shape index (κ1) is 14.9. The first-order valence-electron chi connectivity index (χ1n) is 6.26. The van der Waals surface area contributed by atoms with Gasteiger partial charge in [-0.25, -0.2) is 4.98 Å². The van der Waals surface area contributed by atoms with E-state index >= 15 is 0 Å². The first-order chi connectivity index (χ1) is 9.56. The number of aryl methyl sites for hydroxylation is 1. The molecule has 4 nitrogen and oxygen atoms in total. The van der Waals surface area contributed by atoms with Gasteiger partial charge in [0, 0.05) is 34.6 Å². The lowest BCUT2D eigenvalue weighted by Gasteiger charge is -2.09. The summed E-state index contributed by atoms with van der Waals surface area (Å²) in [5.74, 6) is 0.722. The highest BCUT2D eigenvalue weighted by Crippen LogP contribution is 2.24. The molecule has 0 saturated carbocycles. The molecule has 0 fully saturated rings. The third-order valence-electron chi connectivity index (χ3n) is 2.80. The quantitative estimate of drug-likeness (QED) is 0.655. The number of nitrogens with zero attached hydrogens (tertiary/aromatic N) is 1. The lowest BCUT2D eigenvalue weighted by atomic mass is 10.1. The van der Waals surface area contributed by atoms with Gasteiger partial charge in [0.05, 0.1) is 0 Å². The van der Waals surface area contributed by atoms with Crippen molar-refractivity contribution in [3.63, 3.8) is 0 Å². The summed E-state index contributed by atoms with van der Waals surface area (Å²) in [5, 5.41) is 4.91. The molecule has 1 aromatic heterocycles. The van der Waals surface area contributed by atoms with Crippen LogP contribution in [0.2, 0.25) is 0 Å². The highest BCUT2D eigenvalue weighted by Gasteiger charge is 2.07. The minimum atomic E-state index is -0.000483. The zero-order valence-electron chi connectivity index (χ0n) is 11.5. The van der Waals surface area contributed by atoms with Crippen molar-refractivity contribution in [3.05, 3.63) is 34.8 Å². The van der Waals surface area contributed by atoms with Crippen LogP contribution in [-0.4, -0.2) is 16.6 Å². The van der Waals surface area contributed by atoms with E-state index in [1.165, 1.54) is 0 Å². The predicted octanol–water partition coefficient (Wildman–Crippen LogP) is 3.46. The largest absolute Gasteiger partial charge is 0.398 e. The molecule has 0 atom stereocenters. The van der Waals surface area contributed by atoms with Crippen LogP contribution in [0.5, 0.6) is 0 Å². The van der Waals surface area contributed by atoms with E-state index in [2.05, 4.69) is 10.3 Å². The number of benzene rings is 1. The van der Waals surface area contributed by atoms with Crippen molar-refractivity contribution in [2.75, 3.05) is 16.8 Å². The number of aromatic nitrogens is 1. The summed E-state index contributed by atoms with van der Waals surface area (Å²) in [4.78, 5) is 16.2. The number of rotatable bonds is 5. The van der Waals surface area contributed by atoms with E-state index in [1.54, 1.807) is 23.1 Å². The average molecular weight is 307 g/mol. The monoisotopic (exact) mass is 307 g/mol. The van der Waals surface area contributed by atoms with Crippen LogP contribution in [0.3, 0.4) is 0 Å². The highest BCUT2D eigenvalue weighted by atomic mass is 32.2. The van der Waals surface area contributed by atoms with Gasteiger partial charge in [0.15, 0.2) is 0 Å². The molecule has 106 valence electrons. The van der Waals surface area contributed by atoms with Crippen LogP contribution in [0.25, 0.3) is 0 Å². The number of nitrogens with one attached hydrogen (secondary N) is 1. The molecule has 2 rings (SSSR count). The number of hydrogen-bond acceptors (Lipinski definition) is 5. The van der Waals surface area contributed by atoms with Crippen LogP contribution in [0.15, 0.2) is 27.9 Å². The average Bonchev–Trinajstić information content (AvgIpc) is 2.81. The molecule has 1 heterocycles. The highest BCUT2D eigenvalue weighted by molar-refractivity contribution is 8.01. The fourth-order valence-electron chi connectivity index (χ4n) is 1.63. The Hall–Kier alpha value is -1.53. The van der Waals surface area contributed by atoms with Gasteiger partial charge in [-0.1, -0.05) is 17.8 Å². The summed E-state index contributed by atoms with van der Waals surface area (Å²) in [5.41, 5.74) is 9.22. The molecule has 0 saturated heterocycles. The van der Waals surface area contributed by atoms with Crippen LogP contribution in [0, 0.1) is 13.8 Å². The minimum absolute atomic E-state index is 0.000483. The Kier molecular flexibility index (Phi) is 5.03. The Morgan fingerprint density at radius 2 is 2.25 bits per heavy atom. The molecule has 20 heavy (non-hydrogen) atoms. The standard InChI is InChI=1S/C14H17N3OS2/c1-9-8-20-14(16-9)19-7-6-13(18)17-12-5-3-4-11(15)10(12)2/h3-5,8H,6-7,15H2,1-2H3,(H,17,18). The Bertz CT molecular complexity index is 610. The third-order valence-corrected chi connectivity index (χ3v) is 4.94. The van der Waals surface area contributed by atoms with Crippen molar-refractivity contribution in [2.24, 2.45) is 0 Å². The van der Waals surface area contributed by atoms with E-state index in [9.17, 15) is 4.79 Å². The second-order valence-corrected chi connectivity index (χ2v) is 6.62. The second-order valence-electron chi connectivity index (χ2n) is 4.42. The topological polar surface area (TPSA) is 68.0 Å². The molecule has 0 aliphatic carbocycles. The second kappa shape index (κ2) is 6.76. The number of hydrogen-bond donors (Lipinski definition) is 2. The van der Waals surface area contributed by atoms with Gasteiger partial charge in [-0.05, 0) is 31.5 Å². The summed E-state index contributed by atoms with van der Waals surface area (Å²) >= 11 is 3.22. The maximum absolute atomic E-state index is 11.9. The van der Waals surface area contributed by atoms with E-state index in [1.807, 2.05) is 37.4 Å². The maximum atomic E-state index is 11.9. The Morgan fingerprint density at radius 3 is 2.95 bits per heavy atom. The molecular weight excluding hydrogens is 290 g/mol. The number of nitrogens with two attached hydrogens (primary N) is 1. The van der Waals surface area contributed by atoms with Crippen molar-refractivity contribution >= 4 is 40.4 Å². The van der Waals surface area contributed by atoms with Crippen molar-refractivity contribution in [1.82, 2.24) is 4.98 Å². The summed E-state index contributed by atoms with van der Waals surface area (Å²) < 4.78 is 1.01. The summed E-state index contributed by atoms with van der Waals surface area (Å²) in [6.07, 6.45) is 0.456. The van der Waals surface area contributed by atoms with Gasteiger partial charge in [0.1, 0.15) is 4.34 Å². The van der Waals surface area contributed by atoms with Gasteiger partial charge in [0.25, 0.3) is 0 Å². The summed E-state index contributed by atoms with van der Waals surface area (Å²) in [6.45, 7) is 3.87. The molecule has 0 radical (unpaired) electrons. The Morgan fingerprint density at radius 1 is 1.45 bits per heavy atom. The molecule has 0 aliphatic heterocycles. The molecular formula is C14H17N3OS2. The number of carbonyl (C=O) groups excluding carboxylic acids is 1. The van der Waals surface area contributed by atoms with Crippen LogP contribution in [-0.2, 0) is 4.79 Å². The Balaban J connectivity index is 1.82. The predicted molar refractivity (Wildman–Crippen MR) is 86.4 cm³/mol. The summed E-state index contributed by atoms with van der Waals surface area (Å²) in [7, 11) is 0. The Labute approximate surface area is 126 Å². The smallest absolute Gasteiger partial charge is 0.225 e. The first-order valence-corrected chi connectivity index (χ1v) is 8.12. The maximum Gasteiger partial charge on any atom is 0.225 e. The van der Waals surface area contributed by atoms with Crippen molar-refractivity contribution < 1.29 is 4.79 Å². The molecule has 0 aliphatic rings. The zero-order chi connectivity index (χ0) is 14.5. The van der Waals surface area contributed by atoms with E-state index in [4.69, 9.17) is 5.73 Å². The normalized spacial score (nSPS) is 10.5. The molecule has 0 spiro atoms.